The van der Waals surface area contributed by atoms with Crippen molar-refractivity contribution in [1.29, 1.82) is 0 Å². The Kier molecular flexibility index (Phi) is 5.16. The largest absolute Gasteiger partial charge is 0.332 e. The highest BCUT2D eigenvalue weighted by Gasteiger charge is 2.62. The number of rotatable bonds is 4. The SMILES string of the molecule is CN1CCCN2CCCN3C(=O)N(Cc4ccccc4)C(=O)N(Cc4ccccc4)C123. The first-order valence-corrected chi connectivity index (χ1v) is 11.1. The average Bonchev–Trinajstić information content (AvgIpc) is 2.81. The number of urea groups is 2. The molecular weight excluding hydrogens is 390 g/mol. The molecule has 3 saturated heterocycles. The van der Waals surface area contributed by atoms with Gasteiger partial charge in [0.15, 0.2) is 0 Å². The van der Waals surface area contributed by atoms with Crippen LogP contribution in [-0.2, 0) is 13.1 Å². The van der Waals surface area contributed by atoms with Crippen LogP contribution < -0.4 is 0 Å². The van der Waals surface area contributed by atoms with E-state index >= 15 is 0 Å². The molecule has 3 fully saturated rings. The highest BCUT2D eigenvalue weighted by atomic mass is 16.2. The van der Waals surface area contributed by atoms with E-state index < -0.39 is 5.91 Å². The van der Waals surface area contributed by atoms with Gasteiger partial charge >= 0.3 is 12.1 Å². The summed E-state index contributed by atoms with van der Waals surface area (Å²) in [5.74, 6) is -0.840. The summed E-state index contributed by atoms with van der Waals surface area (Å²) in [6.45, 7) is 3.98. The molecule has 1 unspecified atom stereocenters. The lowest BCUT2D eigenvalue weighted by Gasteiger charge is -2.66. The fourth-order valence-corrected chi connectivity index (χ4v) is 5.34. The van der Waals surface area contributed by atoms with Crippen LogP contribution in [0.5, 0.6) is 0 Å². The Labute approximate surface area is 183 Å². The molecule has 0 aromatic heterocycles. The van der Waals surface area contributed by atoms with Crippen molar-refractivity contribution < 1.29 is 9.59 Å². The maximum atomic E-state index is 13.9. The summed E-state index contributed by atoms with van der Waals surface area (Å²) in [5, 5.41) is 0. The molecule has 2 aromatic carbocycles. The summed E-state index contributed by atoms with van der Waals surface area (Å²) in [6, 6.07) is 19.4. The zero-order valence-electron chi connectivity index (χ0n) is 18.0. The molecule has 3 aliphatic rings. The van der Waals surface area contributed by atoms with Crippen LogP contribution in [-0.4, -0.2) is 75.7 Å². The van der Waals surface area contributed by atoms with Crippen LogP contribution in [0.2, 0.25) is 0 Å². The minimum Gasteiger partial charge on any atom is -0.274 e. The van der Waals surface area contributed by atoms with Gasteiger partial charge in [-0.05, 0) is 31.0 Å². The van der Waals surface area contributed by atoms with E-state index in [1.165, 1.54) is 4.90 Å². The molecule has 5 rings (SSSR count). The van der Waals surface area contributed by atoms with Crippen LogP contribution in [0.4, 0.5) is 9.59 Å². The van der Waals surface area contributed by atoms with Crippen molar-refractivity contribution in [2.24, 2.45) is 0 Å². The fraction of sp³-hybridized carbons (Fsp3) is 0.417. The predicted octanol–water partition coefficient (Wildman–Crippen LogP) is 3.20. The Balaban J connectivity index is 1.59. The minimum absolute atomic E-state index is 0.198. The third kappa shape index (κ3) is 3.20. The van der Waals surface area contributed by atoms with Gasteiger partial charge < -0.3 is 0 Å². The Morgan fingerprint density at radius 1 is 0.742 bits per heavy atom. The topological polar surface area (TPSA) is 50.3 Å². The van der Waals surface area contributed by atoms with Crippen molar-refractivity contribution in [3.8, 4) is 0 Å². The molecule has 162 valence electrons. The Hall–Kier alpha value is -2.90. The highest BCUT2D eigenvalue weighted by Crippen LogP contribution is 2.41. The second-order valence-electron chi connectivity index (χ2n) is 8.58. The van der Waals surface area contributed by atoms with Gasteiger partial charge in [0.2, 0.25) is 5.91 Å². The number of hydrogen-bond acceptors (Lipinski definition) is 4. The summed E-state index contributed by atoms with van der Waals surface area (Å²) >= 11 is 0. The lowest BCUT2D eigenvalue weighted by Crippen LogP contribution is -2.86. The highest BCUT2D eigenvalue weighted by molar-refractivity contribution is 5.96. The molecule has 0 N–H and O–H groups in total. The quantitative estimate of drug-likeness (QED) is 0.764. The van der Waals surface area contributed by atoms with Crippen molar-refractivity contribution in [3.05, 3.63) is 71.8 Å². The number of amides is 4. The summed E-state index contributed by atoms with van der Waals surface area (Å²) in [5.41, 5.74) is 2.01. The molecule has 0 bridgehead atoms. The Morgan fingerprint density at radius 2 is 1.32 bits per heavy atom. The van der Waals surface area contributed by atoms with Gasteiger partial charge in [0.25, 0.3) is 0 Å². The molecule has 7 nitrogen and oxygen atoms in total. The summed E-state index contributed by atoms with van der Waals surface area (Å²) in [7, 11) is 2.04. The van der Waals surface area contributed by atoms with Gasteiger partial charge in [-0.15, -0.1) is 0 Å². The first-order valence-electron chi connectivity index (χ1n) is 11.1. The standard InChI is InChI=1S/C24H29N5O2/c1-25-14-8-15-26-16-9-17-28-22(30)27(18-20-10-4-2-5-11-20)23(31)29(24(25,26)28)19-21-12-6-3-7-13-21/h2-7,10-13H,8-9,14-19H2,1H3. The second kappa shape index (κ2) is 7.98. The first-order chi connectivity index (χ1) is 15.1. The smallest absolute Gasteiger partial charge is 0.274 e. The molecule has 31 heavy (non-hydrogen) atoms. The molecule has 1 atom stereocenters. The Bertz CT molecular complexity index is 951. The lowest BCUT2D eigenvalue weighted by atomic mass is 10.1. The van der Waals surface area contributed by atoms with Gasteiger partial charge in [-0.1, -0.05) is 60.7 Å². The van der Waals surface area contributed by atoms with Gasteiger partial charge in [0.1, 0.15) is 0 Å². The number of carbonyl (C=O) groups is 2. The molecule has 7 heteroatoms. The van der Waals surface area contributed by atoms with Crippen LogP contribution in [0.3, 0.4) is 0 Å². The minimum atomic E-state index is -0.840. The summed E-state index contributed by atoms with van der Waals surface area (Å²) < 4.78 is 0. The monoisotopic (exact) mass is 419 g/mol. The van der Waals surface area contributed by atoms with Crippen molar-refractivity contribution >= 4 is 12.1 Å². The summed E-state index contributed by atoms with van der Waals surface area (Å²) in [4.78, 5) is 37.4. The normalized spacial score (nSPS) is 24.9. The number of benzene rings is 2. The molecule has 0 saturated carbocycles. The van der Waals surface area contributed by atoms with E-state index in [0.717, 1.165) is 43.6 Å². The van der Waals surface area contributed by atoms with Gasteiger partial charge in [-0.2, -0.15) is 0 Å². The fourth-order valence-electron chi connectivity index (χ4n) is 5.34. The average molecular weight is 420 g/mol. The van der Waals surface area contributed by atoms with Gasteiger partial charge in [0, 0.05) is 26.2 Å². The van der Waals surface area contributed by atoms with Gasteiger partial charge in [-0.25, -0.2) is 19.4 Å². The molecule has 4 amide bonds. The molecular formula is C24H29N5O2. The Morgan fingerprint density at radius 3 is 1.97 bits per heavy atom. The maximum absolute atomic E-state index is 13.9. The van der Waals surface area contributed by atoms with Crippen molar-refractivity contribution in [3.63, 3.8) is 0 Å². The van der Waals surface area contributed by atoms with Crippen molar-refractivity contribution in [1.82, 2.24) is 24.5 Å². The lowest BCUT2D eigenvalue weighted by molar-refractivity contribution is -0.266. The zero-order valence-corrected chi connectivity index (χ0v) is 18.0. The van der Waals surface area contributed by atoms with E-state index in [4.69, 9.17) is 0 Å². The van der Waals surface area contributed by atoms with E-state index in [1.807, 2.05) is 77.5 Å². The molecule has 0 radical (unpaired) electrons. The molecule has 0 aliphatic carbocycles. The third-order valence-corrected chi connectivity index (χ3v) is 6.68. The number of carbonyl (C=O) groups excluding carboxylic acids is 2. The van der Waals surface area contributed by atoms with E-state index in [-0.39, 0.29) is 18.6 Å². The van der Waals surface area contributed by atoms with Crippen molar-refractivity contribution in [2.45, 2.75) is 31.8 Å². The molecule has 3 heterocycles. The van der Waals surface area contributed by atoms with Gasteiger partial charge in [-0.3, -0.25) is 14.7 Å². The third-order valence-electron chi connectivity index (χ3n) is 6.68. The van der Waals surface area contributed by atoms with E-state index in [2.05, 4.69) is 9.80 Å². The van der Waals surface area contributed by atoms with Crippen LogP contribution in [0, 0.1) is 0 Å². The van der Waals surface area contributed by atoms with E-state index in [9.17, 15) is 9.59 Å². The molecule has 3 aliphatic heterocycles. The number of hydrogen-bond donors (Lipinski definition) is 0. The van der Waals surface area contributed by atoms with Crippen LogP contribution in [0.15, 0.2) is 60.7 Å². The van der Waals surface area contributed by atoms with E-state index in [0.29, 0.717) is 13.1 Å². The maximum Gasteiger partial charge on any atom is 0.332 e. The predicted molar refractivity (Wildman–Crippen MR) is 118 cm³/mol. The van der Waals surface area contributed by atoms with E-state index in [1.54, 1.807) is 0 Å². The zero-order chi connectivity index (χ0) is 21.4. The van der Waals surface area contributed by atoms with Crippen LogP contribution in [0.1, 0.15) is 24.0 Å². The molecule has 2 aromatic rings. The number of nitrogens with zero attached hydrogens (tertiary/aromatic N) is 5. The van der Waals surface area contributed by atoms with Crippen molar-refractivity contribution in [2.75, 3.05) is 33.2 Å². The number of imide groups is 1. The second-order valence-corrected chi connectivity index (χ2v) is 8.58. The van der Waals surface area contributed by atoms with Crippen LogP contribution in [0.25, 0.3) is 0 Å². The van der Waals surface area contributed by atoms with Crippen LogP contribution >= 0.6 is 0 Å². The molecule has 1 spiro atoms. The van der Waals surface area contributed by atoms with Gasteiger partial charge in [0.05, 0.1) is 13.1 Å². The first kappa shape index (κ1) is 20.0. The summed E-state index contributed by atoms with van der Waals surface area (Å²) in [6.07, 6.45) is 1.94.